The number of guanidine groups is 1. The molecule has 7 heteroatoms. The maximum atomic E-state index is 4.62. The SMILES string of the molecule is CCNC(=NCc1ncc(CC)s1)NCCc1cn2ccccc2n1. The molecule has 3 heterocycles. The zero-order valence-corrected chi connectivity index (χ0v) is 15.5. The third-order valence-electron chi connectivity index (χ3n) is 3.75. The summed E-state index contributed by atoms with van der Waals surface area (Å²) in [5.74, 6) is 0.819. The van der Waals surface area contributed by atoms with Crippen LogP contribution in [-0.2, 0) is 19.4 Å². The summed E-state index contributed by atoms with van der Waals surface area (Å²) in [5, 5.41) is 7.70. The highest BCUT2D eigenvalue weighted by Gasteiger charge is 2.03. The van der Waals surface area contributed by atoms with E-state index >= 15 is 0 Å². The largest absolute Gasteiger partial charge is 0.357 e. The van der Waals surface area contributed by atoms with Gasteiger partial charge in [0.05, 0.1) is 12.2 Å². The van der Waals surface area contributed by atoms with E-state index in [1.807, 2.05) is 35.0 Å². The average molecular weight is 356 g/mol. The van der Waals surface area contributed by atoms with Crippen LogP contribution in [0.15, 0.2) is 41.8 Å². The van der Waals surface area contributed by atoms with Crippen molar-refractivity contribution >= 4 is 22.9 Å². The molecule has 3 aromatic rings. The van der Waals surface area contributed by atoms with Crippen LogP contribution in [0.3, 0.4) is 0 Å². The lowest BCUT2D eigenvalue weighted by atomic mass is 10.3. The Kier molecular flexibility index (Phi) is 6.00. The van der Waals surface area contributed by atoms with Crippen LogP contribution in [0.4, 0.5) is 0 Å². The summed E-state index contributed by atoms with van der Waals surface area (Å²) in [4.78, 5) is 15.0. The maximum Gasteiger partial charge on any atom is 0.191 e. The zero-order valence-electron chi connectivity index (χ0n) is 14.7. The number of rotatable bonds is 7. The van der Waals surface area contributed by atoms with Crippen LogP contribution < -0.4 is 10.6 Å². The van der Waals surface area contributed by atoms with E-state index < -0.39 is 0 Å². The van der Waals surface area contributed by atoms with Gasteiger partial charge in [-0.15, -0.1) is 11.3 Å². The van der Waals surface area contributed by atoms with Gasteiger partial charge < -0.3 is 15.0 Å². The van der Waals surface area contributed by atoms with Crippen LogP contribution in [0.5, 0.6) is 0 Å². The first-order chi connectivity index (χ1) is 12.3. The Morgan fingerprint density at radius 2 is 2.20 bits per heavy atom. The zero-order chi connectivity index (χ0) is 17.5. The van der Waals surface area contributed by atoms with Crippen molar-refractivity contribution in [1.82, 2.24) is 25.0 Å². The van der Waals surface area contributed by atoms with Crippen LogP contribution in [0.1, 0.15) is 29.4 Å². The highest BCUT2D eigenvalue weighted by molar-refractivity contribution is 7.11. The lowest BCUT2D eigenvalue weighted by molar-refractivity contribution is 0.791. The third kappa shape index (κ3) is 4.79. The summed E-state index contributed by atoms with van der Waals surface area (Å²) in [6.45, 7) is 6.43. The molecular formula is C18H24N6S. The Morgan fingerprint density at radius 1 is 1.28 bits per heavy atom. The predicted octanol–water partition coefficient (Wildman–Crippen LogP) is 2.65. The number of nitrogens with zero attached hydrogens (tertiary/aromatic N) is 4. The fourth-order valence-electron chi connectivity index (χ4n) is 2.49. The number of aromatic nitrogens is 3. The second-order valence-electron chi connectivity index (χ2n) is 5.64. The molecule has 0 saturated heterocycles. The monoisotopic (exact) mass is 356 g/mol. The molecule has 0 unspecified atom stereocenters. The van der Waals surface area contributed by atoms with E-state index in [9.17, 15) is 0 Å². The van der Waals surface area contributed by atoms with E-state index in [2.05, 4.69) is 45.6 Å². The number of aryl methyl sites for hydroxylation is 1. The average Bonchev–Trinajstić information content (AvgIpc) is 3.25. The molecule has 0 aliphatic carbocycles. The summed E-state index contributed by atoms with van der Waals surface area (Å²) < 4.78 is 2.04. The van der Waals surface area contributed by atoms with E-state index in [0.717, 1.165) is 48.2 Å². The predicted molar refractivity (Wildman–Crippen MR) is 103 cm³/mol. The van der Waals surface area contributed by atoms with Crippen molar-refractivity contribution in [1.29, 1.82) is 0 Å². The molecule has 0 bridgehead atoms. The number of hydrogen-bond donors (Lipinski definition) is 2. The highest BCUT2D eigenvalue weighted by Crippen LogP contribution is 2.13. The summed E-state index contributed by atoms with van der Waals surface area (Å²) >= 11 is 1.73. The normalized spacial score (nSPS) is 11.8. The number of aliphatic imine (C=N–C) groups is 1. The quantitative estimate of drug-likeness (QED) is 0.504. The van der Waals surface area contributed by atoms with E-state index in [1.165, 1.54) is 4.88 Å². The van der Waals surface area contributed by atoms with Gasteiger partial charge in [-0.1, -0.05) is 13.0 Å². The van der Waals surface area contributed by atoms with Gasteiger partial charge in [0, 0.05) is 43.0 Å². The molecule has 132 valence electrons. The smallest absolute Gasteiger partial charge is 0.191 e. The first-order valence-corrected chi connectivity index (χ1v) is 9.48. The molecule has 3 rings (SSSR count). The van der Waals surface area contributed by atoms with E-state index in [4.69, 9.17) is 0 Å². The molecule has 0 aliphatic heterocycles. The van der Waals surface area contributed by atoms with Gasteiger partial charge in [0.15, 0.2) is 5.96 Å². The Balaban J connectivity index is 1.54. The van der Waals surface area contributed by atoms with Crippen molar-refractivity contribution in [3.05, 3.63) is 52.4 Å². The van der Waals surface area contributed by atoms with Gasteiger partial charge in [-0.05, 0) is 25.5 Å². The van der Waals surface area contributed by atoms with Crippen LogP contribution >= 0.6 is 11.3 Å². The van der Waals surface area contributed by atoms with Crippen molar-refractivity contribution in [3.8, 4) is 0 Å². The Morgan fingerprint density at radius 3 is 2.96 bits per heavy atom. The molecule has 0 spiro atoms. The number of fused-ring (bicyclic) bond motifs is 1. The minimum Gasteiger partial charge on any atom is -0.357 e. The topological polar surface area (TPSA) is 66.6 Å². The maximum absolute atomic E-state index is 4.62. The van der Waals surface area contributed by atoms with Gasteiger partial charge in [-0.25, -0.2) is 15.0 Å². The number of thiazole rings is 1. The van der Waals surface area contributed by atoms with Crippen molar-refractivity contribution < 1.29 is 0 Å². The van der Waals surface area contributed by atoms with Crippen molar-refractivity contribution in [2.24, 2.45) is 4.99 Å². The van der Waals surface area contributed by atoms with Gasteiger partial charge in [-0.3, -0.25) is 0 Å². The van der Waals surface area contributed by atoms with Crippen LogP contribution in [0.25, 0.3) is 5.65 Å². The second kappa shape index (κ2) is 8.62. The molecule has 0 atom stereocenters. The number of hydrogen-bond acceptors (Lipinski definition) is 4. The molecule has 0 fully saturated rings. The van der Waals surface area contributed by atoms with Crippen molar-refractivity contribution in [3.63, 3.8) is 0 Å². The fraction of sp³-hybridized carbons (Fsp3) is 0.389. The van der Waals surface area contributed by atoms with Gasteiger partial charge >= 0.3 is 0 Å². The minimum absolute atomic E-state index is 0.606. The first-order valence-electron chi connectivity index (χ1n) is 8.67. The molecule has 0 radical (unpaired) electrons. The van der Waals surface area contributed by atoms with Crippen molar-refractivity contribution in [2.45, 2.75) is 33.2 Å². The molecule has 0 saturated carbocycles. The Labute approximate surface area is 152 Å². The lowest BCUT2D eigenvalue weighted by Gasteiger charge is -2.10. The van der Waals surface area contributed by atoms with E-state index in [1.54, 1.807) is 11.3 Å². The summed E-state index contributed by atoms with van der Waals surface area (Å²) in [5.41, 5.74) is 2.05. The fourth-order valence-corrected chi connectivity index (χ4v) is 3.28. The van der Waals surface area contributed by atoms with Crippen LogP contribution in [0, 0.1) is 0 Å². The van der Waals surface area contributed by atoms with Gasteiger partial charge in [-0.2, -0.15) is 0 Å². The van der Waals surface area contributed by atoms with Crippen molar-refractivity contribution in [2.75, 3.05) is 13.1 Å². The molecule has 0 aromatic carbocycles. The molecule has 6 nitrogen and oxygen atoms in total. The molecule has 25 heavy (non-hydrogen) atoms. The summed E-state index contributed by atoms with van der Waals surface area (Å²) in [6, 6.07) is 6.03. The highest BCUT2D eigenvalue weighted by atomic mass is 32.1. The Bertz CT molecular complexity index is 802. The van der Waals surface area contributed by atoms with Gasteiger partial charge in [0.1, 0.15) is 10.7 Å². The number of nitrogens with one attached hydrogen (secondary N) is 2. The third-order valence-corrected chi connectivity index (χ3v) is 4.88. The molecule has 3 aromatic heterocycles. The molecule has 0 aliphatic rings. The molecular weight excluding hydrogens is 332 g/mol. The number of pyridine rings is 1. The van der Waals surface area contributed by atoms with Crippen LogP contribution in [0.2, 0.25) is 0 Å². The Hall–Kier alpha value is -2.41. The second-order valence-corrected chi connectivity index (χ2v) is 6.84. The molecule has 2 N–H and O–H groups in total. The lowest BCUT2D eigenvalue weighted by Crippen LogP contribution is -2.38. The first kappa shape index (κ1) is 17.4. The van der Waals surface area contributed by atoms with E-state index in [-0.39, 0.29) is 0 Å². The van der Waals surface area contributed by atoms with Gasteiger partial charge in [0.2, 0.25) is 0 Å². The number of imidazole rings is 1. The van der Waals surface area contributed by atoms with E-state index in [0.29, 0.717) is 6.54 Å². The molecule has 0 amide bonds. The van der Waals surface area contributed by atoms with Crippen LogP contribution in [-0.4, -0.2) is 33.4 Å². The summed E-state index contributed by atoms with van der Waals surface area (Å²) in [6.07, 6.45) is 7.91. The summed E-state index contributed by atoms with van der Waals surface area (Å²) in [7, 11) is 0. The van der Waals surface area contributed by atoms with Gasteiger partial charge in [0.25, 0.3) is 0 Å². The standard InChI is InChI=1S/C18H24N6S/c1-3-15-11-21-17(25-15)12-22-18(19-4-2)20-9-8-14-13-24-10-6-5-7-16(24)23-14/h5-7,10-11,13H,3-4,8-9,12H2,1-2H3,(H2,19,20,22). The minimum atomic E-state index is 0.606.